The fourth-order valence-corrected chi connectivity index (χ4v) is 2.49. The smallest absolute Gasteiger partial charge is 0.337 e. The number of esters is 1. The van der Waals surface area contributed by atoms with Crippen LogP contribution in [0, 0.1) is 0 Å². The lowest BCUT2D eigenvalue weighted by Gasteiger charge is -2.05. The van der Waals surface area contributed by atoms with Gasteiger partial charge in [0.15, 0.2) is 9.84 Å². The number of ether oxygens (including phenoxy) is 1. The van der Waals surface area contributed by atoms with E-state index in [9.17, 15) is 13.2 Å². The molecule has 2 aromatic carbocycles. The summed E-state index contributed by atoms with van der Waals surface area (Å²) in [6, 6.07) is 13.5. The predicted molar refractivity (Wildman–Crippen MR) is 76.3 cm³/mol. The lowest BCUT2D eigenvalue weighted by atomic mass is 10.0. The van der Waals surface area contributed by atoms with Crippen LogP contribution < -0.4 is 0 Å². The van der Waals surface area contributed by atoms with Crippen molar-refractivity contribution in [2.24, 2.45) is 0 Å². The fraction of sp³-hybridized carbons (Fsp3) is 0.133. The van der Waals surface area contributed by atoms with Crippen molar-refractivity contribution in [2.45, 2.75) is 4.90 Å². The monoisotopic (exact) mass is 290 g/mol. The zero-order chi connectivity index (χ0) is 14.8. The van der Waals surface area contributed by atoms with E-state index in [4.69, 9.17) is 0 Å². The van der Waals surface area contributed by atoms with Gasteiger partial charge in [0.05, 0.1) is 17.6 Å². The third-order valence-corrected chi connectivity index (χ3v) is 4.01. The Morgan fingerprint density at radius 3 is 2.20 bits per heavy atom. The number of sulfone groups is 1. The zero-order valence-electron chi connectivity index (χ0n) is 11.2. The van der Waals surface area contributed by atoms with Crippen molar-refractivity contribution in [3.8, 4) is 11.1 Å². The maximum atomic E-state index is 11.5. The lowest BCUT2D eigenvalue weighted by molar-refractivity contribution is 0.0601. The van der Waals surface area contributed by atoms with Gasteiger partial charge in [0.25, 0.3) is 0 Å². The molecule has 20 heavy (non-hydrogen) atoms. The molecule has 104 valence electrons. The van der Waals surface area contributed by atoms with Gasteiger partial charge in [-0.3, -0.25) is 0 Å². The minimum atomic E-state index is -3.23. The number of hydrogen-bond acceptors (Lipinski definition) is 4. The van der Waals surface area contributed by atoms with Crippen molar-refractivity contribution < 1.29 is 17.9 Å². The van der Waals surface area contributed by atoms with Gasteiger partial charge in [0.1, 0.15) is 0 Å². The Kier molecular flexibility index (Phi) is 3.90. The van der Waals surface area contributed by atoms with Crippen LogP contribution in [0.15, 0.2) is 53.4 Å². The van der Waals surface area contributed by atoms with E-state index in [1.807, 2.05) is 6.07 Å². The Balaban J connectivity index is 2.40. The van der Waals surface area contributed by atoms with E-state index in [1.165, 1.54) is 13.4 Å². The first kappa shape index (κ1) is 14.3. The Morgan fingerprint density at radius 2 is 1.65 bits per heavy atom. The lowest BCUT2D eigenvalue weighted by Crippen LogP contribution is -2.00. The molecule has 0 aliphatic heterocycles. The summed E-state index contributed by atoms with van der Waals surface area (Å²) < 4.78 is 27.7. The Morgan fingerprint density at radius 1 is 1.00 bits per heavy atom. The summed E-state index contributed by atoms with van der Waals surface area (Å²) >= 11 is 0. The summed E-state index contributed by atoms with van der Waals surface area (Å²) in [5.41, 5.74) is 2.07. The minimum absolute atomic E-state index is 0.270. The average Bonchev–Trinajstić information content (AvgIpc) is 2.46. The van der Waals surface area contributed by atoms with E-state index in [0.717, 1.165) is 11.1 Å². The quantitative estimate of drug-likeness (QED) is 0.815. The molecule has 0 aromatic heterocycles. The normalized spacial score (nSPS) is 11.1. The molecule has 4 nitrogen and oxygen atoms in total. The molecule has 2 aromatic rings. The van der Waals surface area contributed by atoms with Gasteiger partial charge < -0.3 is 4.74 Å². The van der Waals surface area contributed by atoms with E-state index < -0.39 is 15.8 Å². The van der Waals surface area contributed by atoms with Crippen LogP contribution in [0.2, 0.25) is 0 Å². The molecule has 0 spiro atoms. The number of hydrogen-bond donors (Lipinski definition) is 0. The second-order valence-electron chi connectivity index (χ2n) is 4.37. The summed E-state index contributed by atoms with van der Waals surface area (Å²) in [4.78, 5) is 11.6. The van der Waals surface area contributed by atoms with Crippen molar-refractivity contribution in [3.05, 3.63) is 54.1 Å². The molecule has 0 aliphatic carbocycles. The van der Waals surface area contributed by atoms with Crippen LogP contribution in [0.4, 0.5) is 0 Å². The predicted octanol–water partition coefficient (Wildman–Crippen LogP) is 2.54. The molecule has 0 radical (unpaired) electrons. The summed E-state index contributed by atoms with van der Waals surface area (Å²) in [7, 11) is -1.91. The maximum absolute atomic E-state index is 11.5. The van der Waals surface area contributed by atoms with Crippen molar-refractivity contribution >= 4 is 15.8 Å². The number of carbonyl (C=O) groups excluding carboxylic acids is 1. The molecule has 0 heterocycles. The van der Waals surface area contributed by atoms with Crippen molar-refractivity contribution in [1.82, 2.24) is 0 Å². The largest absolute Gasteiger partial charge is 0.465 e. The van der Waals surface area contributed by atoms with Crippen molar-refractivity contribution in [1.29, 1.82) is 0 Å². The van der Waals surface area contributed by atoms with E-state index in [1.54, 1.807) is 42.5 Å². The van der Waals surface area contributed by atoms with Gasteiger partial charge in [-0.2, -0.15) is 0 Å². The van der Waals surface area contributed by atoms with E-state index >= 15 is 0 Å². The molecule has 0 bridgehead atoms. The highest BCUT2D eigenvalue weighted by Gasteiger charge is 2.09. The first-order valence-electron chi connectivity index (χ1n) is 5.90. The molecule has 0 unspecified atom stereocenters. The van der Waals surface area contributed by atoms with Gasteiger partial charge in [-0.15, -0.1) is 0 Å². The van der Waals surface area contributed by atoms with Gasteiger partial charge in [-0.1, -0.05) is 24.3 Å². The van der Waals surface area contributed by atoms with Gasteiger partial charge in [-0.25, -0.2) is 13.2 Å². The molecule has 0 N–H and O–H groups in total. The molecular formula is C15H14O4S. The second-order valence-corrected chi connectivity index (χ2v) is 6.38. The summed E-state index contributed by atoms with van der Waals surface area (Å²) in [6.45, 7) is 0. The van der Waals surface area contributed by atoms with Crippen LogP contribution in [0.1, 0.15) is 10.4 Å². The van der Waals surface area contributed by atoms with Gasteiger partial charge in [0.2, 0.25) is 0 Å². The Labute approximate surface area is 117 Å². The number of benzene rings is 2. The molecule has 0 amide bonds. The van der Waals surface area contributed by atoms with E-state index in [0.29, 0.717) is 5.56 Å². The van der Waals surface area contributed by atoms with Gasteiger partial charge in [0, 0.05) is 6.26 Å². The summed E-state index contributed by atoms with van der Waals surface area (Å²) in [5.74, 6) is -0.401. The molecule has 0 aliphatic rings. The molecule has 0 atom stereocenters. The standard InChI is InChI=1S/C15H14O4S/c1-19-15(16)12-8-6-11(7-9-12)13-4-3-5-14(10-13)20(2,17)18/h3-10H,1-2H3. The zero-order valence-corrected chi connectivity index (χ0v) is 12.0. The first-order chi connectivity index (χ1) is 9.41. The van der Waals surface area contributed by atoms with Crippen LogP contribution in [-0.4, -0.2) is 27.8 Å². The number of carbonyl (C=O) groups is 1. The third kappa shape index (κ3) is 3.05. The van der Waals surface area contributed by atoms with Gasteiger partial charge >= 0.3 is 5.97 Å². The number of methoxy groups -OCH3 is 1. The average molecular weight is 290 g/mol. The topological polar surface area (TPSA) is 60.4 Å². The highest BCUT2D eigenvalue weighted by Crippen LogP contribution is 2.23. The van der Waals surface area contributed by atoms with Gasteiger partial charge in [-0.05, 0) is 35.4 Å². The summed E-state index contributed by atoms with van der Waals surface area (Å²) in [6.07, 6.45) is 1.17. The Bertz CT molecular complexity index is 731. The number of rotatable bonds is 3. The van der Waals surface area contributed by atoms with Crippen LogP contribution in [0.3, 0.4) is 0 Å². The van der Waals surface area contributed by atoms with Crippen LogP contribution in [-0.2, 0) is 14.6 Å². The summed E-state index contributed by atoms with van der Waals surface area (Å²) in [5, 5.41) is 0. The Hall–Kier alpha value is -2.14. The second kappa shape index (κ2) is 5.46. The van der Waals surface area contributed by atoms with E-state index in [2.05, 4.69) is 4.74 Å². The first-order valence-corrected chi connectivity index (χ1v) is 7.80. The SMILES string of the molecule is COC(=O)c1ccc(-c2cccc(S(C)(=O)=O)c2)cc1. The van der Waals surface area contributed by atoms with Crippen molar-refractivity contribution in [2.75, 3.05) is 13.4 Å². The minimum Gasteiger partial charge on any atom is -0.465 e. The van der Waals surface area contributed by atoms with Crippen molar-refractivity contribution in [3.63, 3.8) is 0 Å². The molecular weight excluding hydrogens is 276 g/mol. The molecule has 0 fully saturated rings. The molecule has 0 saturated carbocycles. The molecule has 2 rings (SSSR count). The van der Waals surface area contributed by atoms with Crippen LogP contribution in [0.25, 0.3) is 11.1 Å². The molecule has 0 saturated heterocycles. The highest BCUT2D eigenvalue weighted by atomic mass is 32.2. The van der Waals surface area contributed by atoms with Crippen LogP contribution >= 0.6 is 0 Å². The van der Waals surface area contributed by atoms with E-state index in [-0.39, 0.29) is 4.90 Å². The fourth-order valence-electron chi connectivity index (χ4n) is 1.82. The maximum Gasteiger partial charge on any atom is 0.337 e. The van der Waals surface area contributed by atoms with Crippen LogP contribution in [0.5, 0.6) is 0 Å². The molecule has 5 heteroatoms. The highest BCUT2D eigenvalue weighted by molar-refractivity contribution is 7.90. The third-order valence-electron chi connectivity index (χ3n) is 2.90.